The maximum Gasteiger partial charge on any atom is 0.158 e. The Bertz CT molecular complexity index is 522. The van der Waals surface area contributed by atoms with Gasteiger partial charge in [-0.2, -0.15) is 0 Å². The van der Waals surface area contributed by atoms with E-state index in [1.807, 2.05) is 36.5 Å². The summed E-state index contributed by atoms with van der Waals surface area (Å²) in [6, 6.07) is 14.1. The number of hydrogen-bond acceptors (Lipinski definition) is 3. The summed E-state index contributed by atoms with van der Waals surface area (Å²) < 4.78 is 0. The molecule has 0 aliphatic carbocycles. The molecule has 0 fully saturated rings. The molecule has 1 atom stereocenters. The largest absolute Gasteiger partial charge is 0.387 e. The molecule has 0 amide bonds. The van der Waals surface area contributed by atoms with Gasteiger partial charge in [0.2, 0.25) is 0 Å². The molecule has 0 saturated carbocycles. The summed E-state index contributed by atoms with van der Waals surface area (Å²) in [5.41, 5.74) is 3.16. The maximum absolute atomic E-state index is 5.47. The van der Waals surface area contributed by atoms with Crippen LogP contribution in [0.25, 0.3) is 0 Å². The van der Waals surface area contributed by atoms with Crippen molar-refractivity contribution in [2.75, 3.05) is 0 Å². The summed E-state index contributed by atoms with van der Waals surface area (Å²) in [5, 5.41) is 4.14. The maximum atomic E-state index is 5.47. The molecule has 2 heterocycles. The molecule has 0 bridgehead atoms. The molecule has 0 unspecified atom stereocenters. The Morgan fingerprint density at radius 2 is 1.94 bits per heavy atom. The second-order valence-corrected chi connectivity index (χ2v) is 3.99. The van der Waals surface area contributed by atoms with Gasteiger partial charge in [0.15, 0.2) is 6.10 Å². The van der Waals surface area contributed by atoms with Gasteiger partial charge in [0.25, 0.3) is 0 Å². The summed E-state index contributed by atoms with van der Waals surface area (Å²) in [6.45, 7) is 0. The van der Waals surface area contributed by atoms with Crippen LogP contribution in [0.15, 0.2) is 60.0 Å². The van der Waals surface area contributed by atoms with E-state index in [2.05, 4.69) is 22.3 Å². The van der Waals surface area contributed by atoms with Gasteiger partial charge in [0.05, 0.1) is 5.71 Å². The molecule has 17 heavy (non-hydrogen) atoms. The van der Waals surface area contributed by atoms with Crippen LogP contribution in [0.1, 0.15) is 23.7 Å². The summed E-state index contributed by atoms with van der Waals surface area (Å²) >= 11 is 0. The van der Waals surface area contributed by atoms with Crippen molar-refractivity contribution in [1.29, 1.82) is 0 Å². The summed E-state index contributed by atoms with van der Waals surface area (Å²) in [4.78, 5) is 9.56. The number of benzene rings is 1. The van der Waals surface area contributed by atoms with Crippen molar-refractivity contribution >= 4 is 5.71 Å². The lowest BCUT2D eigenvalue weighted by Gasteiger charge is -2.07. The number of oxime groups is 1. The average molecular weight is 224 g/mol. The van der Waals surface area contributed by atoms with Crippen LogP contribution in [0.3, 0.4) is 0 Å². The highest BCUT2D eigenvalue weighted by Gasteiger charge is 2.23. The lowest BCUT2D eigenvalue weighted by molar-refractivity contribution is 0.0857. The fourth-order valence-corrected chi connectivity index (χ4v) is 1.93. The van der Waals surface area contributed by atoms with E-state index in [0.29, 0.717) is 0 Å². The average Bonchev–Trinajstić information content (AvgIpc) is 2.90. The highest BCUT2D eigenvalue weighted by molar-refractivity contribution is 6.01. The normalized spacial score (nSPS) is 18.6. The van der Waals surface area contributed by atoms with E-state index in [4.69, 9.17) is 4.84 Å². The van der Waals surface area contributed by atoms with E-state index in [-0.39, 0.29) is 6.10 Å². The van der Waals surface area contributed by atoms with Crippen LogP contribution < -0.4 is 0 Å². The number of aromatic nitrogens is 1. The molecule has 0 N–H and O–H groups in total. The smallest absolute Gasteiger partial charge is 0.158 e. The predicted molar refractivity (Wildman–Crippen MR) is 65.7 cm³/mol. The Morgan fingerprint density at radius 1 is 1.06 bits per heavy atom. The number of hydrogen-bond donors (Lipinski definition) is 0. The van der Waals surface area contributed by atoms with E-state index in [0.717, 1.165) is 23.3 Å². The number of pyridine rings is 1. The fourth-order valence-electron chi connectivity index (χ4n) is 1.93. The Hall–Kier alpha value is -2.16. The molecule has 1 aliphatic rings. The van der Waals surface area contributed by atoms with Gasteiger partial charge in [-0.25, -0.2) is 0 Å². The quantitative estimate of drug-likeness (QED) is 0.786. The highest BCUT2D eigenvalue weighted by atomic mass is 16.6. The van der Waals surface area contributed by atoms with Crippen molar-refractivity contribution in [3.8, 4) is 0 Å². The molecule has 2 aromatic rings. The Labute approximate surface area is 99.8 Å². The van der Waals surface area contributed by atoms with Gasteiger partial charge in [-0.05, 0) is 17.7 Å². The molecular formula is C14H12N2O. The third-order valence-electron chi connectivity index (χ3n) is 2.84. The lowest BCUT2D eigenvalue weighted by Crippen LogP contribution is -2.01. The van der Waals surface area contributed by atoms with Crippen LogP contribution in [0, 0.1) is 0 Å². The topological polar surface area (TPSA) is 34.5 Å². The Morgan fingerprint density at radius 3 is 2.71 bits per heavy atom. The summed E-state index contributed by atoms with van der Waals surface area (Å²) in [5.74, 6) is 0. The van der Waals surface area contributed by atoms with E-state index >= 15 is 0 Å². The van der Waals surface area contributed by atoms with Crippen molar-refractivity contribution in [1.82, 2.24) is 4.98 Å². The molecule has 0 saturated heterocycles. The minimum Gasteiger partial charge on any atom is -0.387 e. The number of rotatable bonds is 2. The van der Waals surface area contributed by atoms with Gasteiger partial charge >= 0.3 is 0 Å². The molecule has 0 radical (unpaired) electrons. The van der Waals surface area contributed by atoms with Crippen LogP contribution in [0.5, 0.6) is 0 Å². The van der Waals surface area contributed by atoms with Gasteiger partial charge in [0.1, 0.15) is 0 Å². The van der Waals surface area contributed by atoms with Gasteiger partial charge in [0, 0.05) is 24.4 Å². The zero-order chi connectivity index (χ0) is 11.5. The van der Waals surface area contributed by atoms with E-state index < -0.39 is 0 Å². The molecule has 3 heteroatoms. The van der Waals surface area contributed by atoms with Crippen molar-refractivity contribution in [2.24, 2.45) is 5.16 Å². The van der Waals surface area contributed by atoms with Crippen LogP contribution in [0.4, 0.5) is 0 Å². The summed E-state index contributed by atoms with van der Waals surface area (Å²) in [6.07, 6.45) is 4.41. The molecule has 1 aromatic heterocycles. The Balaban J connectivity index is 1.78. The van der Waals surface area contributed by atoms with Gasteiger partial charge < -0.3 is 4.84 Å². The first-order chi connectivity index (χ1) is 8.43. The SMILES string of the molecule is c1ccc([C@H]2CC(c3cccnc3)=NO2)cc1. The third kappa shape index (κ3) is 2.04. The Kier molecular flexibility index (Phi) is 2.58. The van der Waals surface area contributed by atoms with Gasteiger partial charge in [-0.15, -0.1) is 0 Å². The molecule has 3 rings (SSSR count). The summed E-state index contributed by atoms with van der Waals surface area (Å²) in [7, 11) is 0. The highest BCUT2D eigenvalue weighted by Crippen LogP contribution is 2.28. The van der Waals surface area contributed by atoms with Crippen molar-refractivity contribution in [3.05, 3.63) is 66.0 Å². The van der Waals surface area contributed by atoms with E-state index in [9.17, 15) is 0 Å². The van der Waals surface area contributed by atoms with Crippen LogP contribution in [-0.4, -0.2) is 10.7 Å². The van der Waals surface area contributed by atoms with E-state index in [1.165, 1.54) is 0 Å². The van der Waals surface area contributed by atoms with Crippen molar-refractivity contribution < 1.29 is 4.84 Å². The zero-order valence-electron chi connectivity index (χ0n) is 9.28. The minimum absolute atomic E-state index is 0.0337. The van der Waals surface area contributed by atoms with Crippen LogP contribution >= 0.6 is 0 Å². The lowest BCUT2D eigenvalue weighted by atomic mass is 10.0. The monoisotopic (exact) mass is 224 g/mol. The standard InChI is InChI=1S/C14H12N2O/c1-2-5-11(6-3-1)14-9-13(16-17-14)12-7-4-8-15-10-12/h1-8,10,14H,9H2/t14-/m1/s1. The van der Waals surface area contributed by atoms with Crippen molar-refractivity contribution in [2.45, 2.75) is 12.5 Å². The minimum atomic E-state index is 0.0337. The van der Waals surface area contributed by atoms with Gasteiger partial charge in [-0.3, -0.25) is 4.98 Å². The first-order valence-electron chi connectivity index (χ1n) is 5.61. The van der Waals surface area contributed by atoms with Gasteiger partial charge in [-0.1, -0.05) is 35.5 Å². The zero-order valence-corrected chi connectivity index (χ0v) is 9.28. The molecule has 0 spiro atoms. The molecule has 84 valence electrons. The molecule has 1 aromatic carbocycles. The second kappa shape index (κ2) is 4.37. The molecular weight excluding hydrogens is 212 g/mol. The first kappa shape index (κ1) is 10.0. The molecule has 3 nitrogen and oxygen atoms in total. The fraction of sp³-hybridized carbons (Fsp3) is 0.143. The second-order valence-electron chi connectivity index (χ2n) is 3.99. The predicted octanol–water partition coefficient (Wildman–Crippen LogP) is 2.95. The van der Waals surface area contributed by atoms with Crippen molar-refractivity contribution in [3.63, 3.8) is 0 Å². The van der Waals surface area contributed by atoms with Crippen LogP contribution in [0.2, 0.25) is 0 Å². The molecule has 1 aliphatic heterocycles. The first-order valence-corrected chi connectivity index (χ1v) is 5.61. The third-order valence-corrected chi connectivity index (χ3v) is 2.84. The van der Waals surface area contributed by atoms with E-state index in [1.54, 1.807) is 6.20 Å². The van der Waals surface area contributed by atoms with Crippen LogP contribution in [-0.2, 0) is 4.84 Å². The number of nitrogens with zero attached hydrogens (tertiary/aromatic N) is 2.